The summed E-state index contributed by atoms with van der Waals surface area (Å²) in [7, 11) is 0. The summed E-state index contributed by atoms with van der Waals surface area (Å²) >= 11 is 0. The third kappa shape index (κ3) is 2.71. The average Bonchev–Trinajstić information content (AvgIpc) is 2.19. The maximum atomic E-state index is 11.4. The number of para-hydroxylation sites is 2. The van der Waals surface area contributed by atoms with Gasteiger partial charge in [-0.05, 0) is 12.1 Å². The maximum Gasteiger partial charge on any atom is 0.250 e. The van der Waals surface area contributed by atoms with Crippen LogP contribution >= 0.6 is 0 Å². The van der Waals surface area contributed by atoms with Gasteiger partial charge in [0.25, 0.3) is 0 Å². The highest BCUT2D eigenvalue weighted by molar-refractivity contribution is 5.93. The van der Waals surface area contributed by atoms with Crippen LogP contribution in [-0.4, -0.2) is 36.9 Å². The number of hydrogen-bond acceptors (Lipinski definition) is 4. The predicted octanol–water partition coefficient (Wildman–Crippen LogP) is 0.746. The van der Waals surface area contributed by atoms with Crippen LogP contribution < -0.4 is 5.32 Å². The van der Waals surface area contributed by atoms with Crippen LogP contribution in [0.5, 0.6) is 5.75 Å². The highest BCUT2D eigenvalue weighted by Crippen LogP contribution is 2.21. The van der Waals surface area contributed by atoms with E-state index in [2.05, 4.69) is 5.32 Å². The minimum atomic E-state index is -0.284. The van der Waals surface area contributed by atoms with Gasteiger partial charge in [0.1, 0.15) is 18.5 Å². The second-order valence-corrected chi connectivity index (χ2v) is 3.54. The van der Waals surface area contributed by atoms with E-state index in [4.69, 9.17) is 9.47 Å². The van der Waals surface area contributed by atoms with E-state index >= 15 is 0 Å². The molecule has 16 heavy (non-hydrogen) atoms. The fourth-order valence-electron chi connectivity index (χ4n) is 1.27. The molecule has 2 N–H and O–H groups in total. The first-order valence-corrected chi connectivity index (χ1v) is 5.03. The molecular formula is C11H13NO4. The van der Waals surface area contributed by atoms with Crippen LogP contribution in [0.3, 0.4) is 0 Å². The highest BCUT2D eigenvalue weighted by Gasteiger charge is 2.20. The SMILES string of the molecule is O=C(COC1COC1)Nc1ccccc1O. The summed E-state index contributed by atoms with van der Waals surface area (Å²) in [5.74, 6) is -0.240. The molecule has 1 saturated heterocycles. The van der Waals surface area contributed by atoms with Crippen LogP contribution in [0.2, 0.25) is 0 Å². The van der Waals surface area contributed by atoms with Crippen molar-refractivity contribution in [1.82, 2.24) is 0 Å². The van der Waals surface area contributed by atoms with E-state index in [1.165, 1.54) is 6.07 Å². The van der Waals surface area contributed by atoms with Crippen molar-refractivity contribution in [2.75, 3.05) is 25.1 Å². The molecule has 1 fully saturated rings. The molecule has 0 bridgehead atoms. The Bertz CT molecular complexity index is 376. The lowest BCUT2D eigenvalue weighted by Crippen LogP contribution is -2.38. The number of anilines is 1. The average molecular weight is 223 g/mol. The van der Waals surface area contributed by atoms with Crippen LogP contribution in [0.1, 0.15) is 0 Å². The number of aromatic hydroxyl groups is 1. The topological polar surface area (TPSA) is 67.8 Å². The minimum absolute atomic E-state index is 0.0233. The maximum absolute atomic E-state index is 11.4. The van der Waals surface area contributed by atoms with Gasteiger partial charge in [0.05, 0.1) is 18.9 Å². The van der Waals surface area contributed by atoms with Crippen molar-refractivity contribution in [2.24, 2.45) is 0 Å². The number of nitrogens with one attached hydrogen (secondary N) is 1. The normalized spacial score (nSPS) is 15.5. The van der Waals surface area contributed by atoms with E-state index in [-0.39, 0.29) is 24.4 Å². The lowest BCUT2D eigenvalue weighted by molar-refractivity contribution is -0.144. The number of phenolic OH excluding ortho intramolecular Hbond substituents is 1. The molecule has 0 saturated carbocycles. The number of amides is 1. The van der Waals surface area contributed by atoms with Crippen LogP contribution in [0.15, 0.2) is 24.3 Å². The van der Waals surface area contributed by atoms with E-state index in [9.17, 15) is 9.90 Å². The van der Waals surface area contributed by atoms with Crippen molar-refractivity contribution < 1.29 is 19.4 Å². The molecule has 2 rings (SSSR count). The molecule has 1 aliphatic rings. The summed E-state index contributed by atoms with van der Waals surface area (Å²) in [4.78, 5) is 11.4. The first-order valence-electron chi connectivity index (χ1n) is 5.03. The Hall–Kier alpha value is -1.59. The van der Waals surface area contributed by atoms with Crippen molar-refractivity contribution in [1.29, 1.82) is 0 Å². The summed E-state index contributed by atoms with van der Waals surface area (Å²) in [5.41, 5.74) is 0.390. The van der Waals surface area contributed by atoms with Crippen LogP contribution in [0, 0.1) is 0 Å². The Morgan fingerprint density at radius 3 is 2.88 bits per heavy atom. The number of carbonyl (C=O) groups is 1. The Kier molecular flexibility index (Phi) is 3.38. The first-order chi connectivity index (χ1) is 7.75. The third-order valence-electron chi connectivity index (χ3n) is 2.24. The van der Waals surface area contributed by atoms with Crippen molar-refractivity contribution in [3.8, 4) is 5.75 Å². The third-order valence-corrected chi connectivity index (χ3v) is 2.24. The molecule has 86 valence electrons. The highest BCUT2D eigenvalue weighted by atomic mass is 16.6. The zero-order valence-electron chi connectivity index (χ0n) is 8.68. The summed E-state index contributed by atoms with van der Waals surface area (Å²) < 4.78 is 10.1. The summed E-state index contributed by atoms with van der Waals surface area (Å²) in [5, 5.41) is 12.0. The van der Waals surface area contributed by atoms with E-state index in [1.807, 2.05) is 0 Å². The van der Waals surface area contributed by atoms with Gasteiger partial charge in [0.2, 0.25) is 5.91 Å². The van der Waals surface area contributed by atoms with Gasteiger partial charge >= 0.3 is 0 Å². The predicted molar refractivity (Wildman–Crippen MR) is 57.3 cm³/mol. The van der Waals surface area contributed by atoms with Gasteiger partial charge in [0.15, 0.2) is 0 Å². The Balaban J connectivity index is 1.80. The molecular weight excluding hydrogens is 210 g/mol. The van der Waals surface area contributed by atoms with Gasteiger partial charge in [-0.2, -0.15) is 0 Å². The molecule has 1 amide bonds. The fourth-order valence-corrected chi connectivity index (χ4v) is 1.27. The van der Waals surface area contributed by atoms with Gasteiger partial charge in [-0.25, -0.2) is 0 Å². The minimum Gasteiger partial charge on any atom is -0.506 e. The number of carbonyl (C=O) groups excluding carboxylic acids is 1. The zero-order chi connectivity index (χ0) is 11.4. The molecule has 5 heteroatoms. The molecule has 0 atom stereocenters. The van der Waals surface area contributed by atoms with Gasteiger partial charge in [-0.3, -0.25) is 4.79 Å². The quantitative estimate of drug-likeness (QED) is 0.739. The Labute approximate surface area is 93.0 Å². The molecule has 1 aromatic rings. The van der Waals surface area contributed by atoms with Crippen molar-refractivity contribution in [2.45, 2.75) is 6.10 Å². The second-order valence-electron chi connectivity index (χ2n) is 3.54. The largest absolute Gasteiger partial charge is 0.506 e. The van der Waals surface area contributed by atoms with E-state index in [0.717, 1.165) is 0 Å². The summed E-state index contributed by atoms with van der Waals surface area (Å²) in [6.07, 6.45) is 0.0233. The van der Waals surface area contributed by atoms with Crippen molar-refractivity contribution in [3.63, 3.8) is 0 Å². The monoisotopic (exact) mass is 223 g/mol. The lowest BCUT2D eigenvalue weighted by Gasteiger charge is -2.25. The van der Waals surface area contributed by atoms with Gasteiger partial charge in [0, 0.05) is 0 Å². The molecule has 0 aliphatic carbocycles. The number of benzene rings is 1. The first kappa shape index (κ1) is 10.9. The standard InChI is InChI=1S/C11H13NO4/c13-10-4-2-1-3-9(10)12-11(14)7-16-8-5-15-6-8/h1-4,8,13H,5-7H2,(H,12,14). The smallest absolute Gasteiger partial charge is 0.250 e. The molecule has 1 aliphatic heterocycles. The van der Waals surface area contributed by atoms with E-state index in [1.54, 1.807) is 18.2 Å². The number of rotatable bonds is 4. The Morgan fingerprint density at radius 2 is 2.25 bits per heavy atom. The van der Waals surface area contributed by atoms with Gasteiger partial charge in [-0.15, -0.1) is 0 Å². The summed E-state index contributed by atoms with van der Waals surface area (Å²) in [6.45, 7) is 1.07. The molecule has 5 nitrogen and oxygen atoms in total. The molecule has 0 radical (unpaired) electrons. The summed E-state index contributed by atoms with van der Waals surface area (Å²) in [6, 6.07) is 6.55. The van der Waals surface area contributed by atoms with E-state index in [0.29, 0.717) is 18.9 Å². The Morgan fingerprint density at radius 1 is 1.50 bits per heavy atom. The lowest BCUT2D eigenvalue weighted by atomic mass is 10.3. The van der Waals surface area contributed by atoms with Crippen molar-refractivity contribution >= 4 is 11.6 Å². The molecule has 0 spiro atoms. The fraction of sp³-hybridized carbons (Fsp3) is 0.364. The molecule has 1 heterocycles. The number of hydrogen-bond donors (Lipinski definition) is 2. The van der Waals surface area contributed by atoms with Gasteiger partial charge in [-0.1, -0.05) is 12.1 Å². The zero-order valence-corrected chi connectivity index (χ0v) is 8.68. The number of phenols is 1. The van der Waals surface area contributed by atoms with Crippen molar-refractivity contribution in [3.05, 3.63) is 24.3 Å². The molecule has 0 unspecified atom stereocenters. The van der Waals surface area contributed by atoms with Crippen LogP contribution in [0.25, 0.3) is 0 Å². The molecule has 0 aromatic heterocycles. The number of ether oxygens (including phenoxy) is 2. The van der Waals surface area contributed by atoms with Crippen LogP contribution in [0.4, 0.5) is 5.69 Å². The molecule has 1 aromatic carbocycles. The van der Waals surface area contributed by atoms with Crippen LogP contribution in [-0.2, 0) is 14.3 Å². The van der Waals surface area contributed by atoms with Gasteiger partial charge < -0.3 is 19.9 Å². The second kappa shape index (κ2) is 4.96. The van der Waals surface area contributed by atoms with E-state index < -0.39 is 0 Å².